The normalized spacial score (nSPS) is 12.0. The van der Waals surface area contributed by atoms with Crippen molar-refractivity contribution in [3.63, 3.8) is 0 Å². The van der Waals surface area contributed by atoms with Crippen LogP contribution in [0.1, 0.15) is 40.6 Å². The van der Waals surface area contributed by atoms with Crippen LogP contribution in [0, 0.1) is 0 Å². The van der Waals surface area contributed by atoms with Crippen LogP contribution in [0.5, 0.6) is 0 Å². The number of aryl methyl sites for hydroxylation is 1. The van der Waals surface area contributed by atoms with E-state index in [-0.39, 0.29) is 0 Å². The summed E-state index contributed by atoms with van der Waals surface area (Å²) in [6.07, 6.45) is -0.966. The summed E-state index contributed by atoms with van der Waals surface area (Å²) in [7, 11) is 0. The van der Waals surface area contributed by atoms with Gasteiger partial charge >= 0.3 is 6.18 Å². The molecular formula is C14H13F3OS. The molecule has 0 bridgehead atoms. The molecule has 0 saturated carbocycles. The smallest absolute Gasteiger partial charge is 0.297 e. The number of thiophene rings is 1. The van der Waals surface area contributed by atoms with E-state index < -0.39 is 11.7 Å². The van der Waals surface area contributed by atoms with Crippen molar-refractivity contribution < 1.29 is 18.0 Å². The maximum atomic E-state index is 12.6. The maximum absolute atomic E-state index is 12.6. The molecule has 5 heteroatoms. The van der Waals surface area contributed by atoms with Gasteiger partial charge in [-0.25, -0.2) is 0 Å². The number of alkyl halides is 3. The van der Waals surface area contributed by atoms with Gasteiger partial charge in [0, 0.05) is 4.70 Å². The molecule has 0 spiro atoms. The Morgan fingerprint density at radius 2 is 2.05 bits per heavy atom. The van der Waals surface area contributed by atoms with Crippen LogP contribution >= 0.6 is 11.3 Å². The Bertz CT molecular complexity index is 598. The number of unbranched alkanes of at least 4 members (excludes halogenated alkanes) is 1. The van der Waals surface area contributed by atoms with Gasteiger partial charge in [0.2, 0.25) is 0 Å². The molecule has 1 nitrogen and oxygen atoms in total. The molecule has 0 aliphatic rings. The molecule has 2 rings (SSSR count). The van der Waals surface area contributed by atoms with Crippen LogP contribution in [0.25, 0.3) is 10.1 Å². The van der Waals surface area contributed by atoms with Crippen molar-refractivity contribution in [2.45, 2.75) is 32.4 Å². The third-order valence-electron chi connectivity index (χ3n) is 3.04. The molecule has 102 valence electrons. The summed E-state index contributed by atoms with van der Waals surface area (Å²) in [6, 6.07) is 3.69. The number of hydrogen-bond acceptors (Lipinski definition) is 2. The first-order chi connectivity index (χ1) is 8.97. The standard InChI is InChI=1S/C14H13F3OS/c1-2-3-4-10-11-6-5-9(14(15,16)17)7-12(11)19-13(10)8-18/h5-8H,2-4H2,1H3. The average molecular weight is 286 g/mol. The van der Waals surface area contributed by atoms with Crippen LogP contribution in [0.3, 0.4) is 0 Å². The predicted octanol–water partition coefficient (Wildman–Crippen LogP) is 5.08. The Morgan fingerprint density at radius 3 is 2.63 bits per heavy atom. The lowest BCUT2D eigenvalue weighted by molar-refractivity contribution is -0.137. The molecule has 1 aromatic carbocycles. The second kappa shape index (κ2) is 5.33. The summed E-state index contributed by atoms with van der Waals surface area (Å²) in [5.74, 6) is 0. The highest BCUT2D eigenvalue weighted by Gasteiger charge is 2.30. The molecule has 0 fully saturated rings. The van der Waals surface area contributed by atoms with Crippen molar-refractivity contribution in [3.05, 3.63) is 34.2 Å². The van der Waals surface area contributed by atoms with E-state index in [0.29, 0.717) is 9.58 Å². The number of hydrogen-bond donors (Lipinski definition) is 0. The summed E-state index contributed by atoms with van der Waals surface area (Å²) in [5.41, 5.74) is 0.214. The number of rotatable bonds is 4. The number of benzene rings is 1. The summed E-state index contributed by atoms with van der Waals surface area (Å²) in [6.45, 7) is 2.04. The Kier molecular flexibility index (Phi) is 3.94. The molecule has 2 aromatic rings. The molecule has 0 unspecified atom stereocenters. The van der Waals surface area contributed by atoms with Gasteiger partial charge < -0.3 is 0 Å². The van der Waals surface area contributed by atoms with Crippen molar-refractivity contribution in [2.75, 3.05) is 0 Å². The van der Waals surface area contributed by atoms with Crippen molar-refractivity contribution in [1.82, 2.24) is 0 Å². The topological polar surface area (TPSA) is 17.1 Å². The molecule has 0 aliphatic carbocycles. The Morgan fingerprint density at radius 1 is 1.32 bits per heavy atom. The van der Waals surface area contributed by atoms with Gasteiger partial charge in [0.15, 0.2) is 6.29 Å². The first-order valence-corrected chi connectivity index (χ1v) is 6.86. The number of aldehydes is 1. The Labute approximate surface area is 113 Å². The number of fused-ring (bicyclic) bond motifs is 1. The molecule has 0 N–H and O–H groups in total. The molecule has 1 aromatic heterocycles. The number of carbonyl (C=O) groups excluding carboxylic acids is 1. The fraction of sp³-hybridized carbons (Fsp3) is 0.357. The highest BCUT2D eigenvalue weighted by molar-refractivity contribution is 7.20. The number of halogens is 3. The second-order valence-corrected chi connectivity index (χ2v) is 5.46. The monoisotopic (exact) mass is 286 g/mol. The van der Waals surface area contributed by atoms with Crippen molar-refractivity contribution >= 4 is 27.7 Å². The zero-order valence-corrected chi connectivity index (χ0v) is 11.2. The molecule has 0 aliphatic heterocycles. The van der Waals surface area contributed by atoms with Crippen LogP contribution in [-0.2, 0) is 12.6 Å². The van der Waals surface area contributed by atoms with E-state index in [1.807, 2.05) is 6.92 Å². The van der Waals surface area contributed by atoms with E-state index in [1.54, 1.807) is 0 Å². The lowest BCUT2D eigenvalue weighted by atomic mass is 10.0. The molecule has 0 atom stereocenters. The highest BCUT2D eigenvalue weighted by atomic mass is 32.1. The maximum Gasteiger partial charge on any atom is 0.416 e. The summed E-state index contributed by atoms with van der Waals surface area (Å²) in [5, 5.41) is 0.772. The Balaban J connectivity index is 2.54. The molecule has 19 heavy (non-hydrogen) atoms. The number of carbonyl (C=O) groups is 1. The van der Waals surface area contributed by atoms with Crippen molar-refractivity contribution in [2.24, 2.45) is 0 Å². The third kappa shape index (κ3) is 2.81. The van der Waals surface area contributed by atoms with Gasteiger partial charge in [-0.3, -0.25) is 4.79 Å². The molecule has 0 radical (unpaired) electrons. The first kappa shape index (κ1) is 14.1. The lowest BCUT2D eigenvalue weighted by Gasteiger charge is -2.06. The highest BCUT2D eigenvalue weighted by Crippen LogP contribution is 2.36. The van der Waals surface area contributed by atoms with E-state index >= 15 is 0 Å². The Hall–Kier alpha value is -1.36. The molecule has 0 amide bonds. The van der Waals surface area contributed by atoms with Crippen LogP contribution < -0.4 is 0 Å². The summed E-state index contributed by atoms with van der Waals surface area (Å²) >= 11 is 1.14. The third-order valence-corrected chi connectivity index (χ3v) is 4.16. The van der Waals surface area contributed by atoms with Gasteiger partial charge in [-0.2, -0.15) is 13.2 Å². The van der Waals surface area contributed by atoms with E-state index in [9.17, 15) is 18.0 Å². The SMILES string of the molecule is CCCCc1c(C=O)sc2cc(C(F)(F)F)ccc12. The predicted molar refractivity (Wildman–Crippen MR) is 70.8 cm³/mol. The van der Waals surface area contributed by atoms with E-state index in [0.717, 1.165) is 60.0 Å². The summed E-state index contributed by atoms with van der Waals surface area (Å²) in [4.78, 5) is 11.6. The minimum absolute atomic E-state index is 0.531. The second-order valence-electron chi connectivity index (χ2n) is 4.37. The lowest BCUT2D eigenvalue weighted by Crippen LogP contribution is -2.03. The van der Waals surface area contributed by atoms with Gasteiger partial charge in [0.1, 0.15) is 0 Å². The van der Waals surface area contributed by atoms with Crippen LogP contribution in [0.15, 0.2) is 18.2 Å². The van der Waals surface area contributed by atoms with Crippen molar-refractivity contribution in [3.8, 4) is 0 Å². The minimum Gasteiger partial charge on any atom is -0.297 e. The van der Waals surface area contributed by atoms with Crippen LogP contribution in [0.2, 0.25) is 0 Å². The van der Waals surface area contributed by atoms with Gasteiger partial charge in [0.05, 0.1) is 10.4 Å². The average Bonchev–Trinajstić information content (AvgIpc) is 2.72. The van der Waals surface area contributed by atoms with Gasteiger partial charge in [-0.15, -0.1) is 11.3 Å². The van der Waals surface area contributed by atoms with E-state index in [1.165, 1.54) is 6.07 Å². The molecular weight excluding hydrogens is 273 g/mol. The fourth-order valence-corrected chi connectivity index (χ4v) is 3.16. The van der Waals surface area contributed by atoms with E-state index in [4.69, 9.17) is 0 Å². The van der Waals surface area contributed by atoms with Gasteiger partial charge in [-0.1, -0.05) is 19.4 Å². The van der Waals surface area contributed by atoms with Gasteiger partial charge in [-0.05, 0) is 35.9 Å². The van der Waals surface area contributed by atoms with E-state index in [2.05, 4.69) is 0 Å². The zero-order valence-electron chi connectivity index (χ0n) is 10.4. The quantitative estimate of drug-likeness (QED) is 0.717. The van der Waals surface area contributed by atoms with Gasteiger partial charge in [0.25, 0.3) is 0 Å². The van der Waals surface area contributed by atoms with Crippen molar-refractivity contribution in [1.29, 1.82) is 0 Å². The zero-order chi connectivity index (χ0) is 14.0. The minimum atomic E-state index is -4.34. The van der Waals surface area contributed by atoms with Crippen LogP contribution in [0.4, 0.5) is 13.2 Å². The molecule has 1 heterocycles. The van der Waals surface area contributed by atoms with Crippen LogP contribution in [-0.4, -0.2) is 6.29 Å². The largest absolute Gasteiger partial charge is 0.416 e. The molecule has 0 saturated heterocycles. The fourth-order valence-electron chi connectivity index (χ4n) is 2.05. The first-order valence-electron chi connectivity index (χ1n) is 6.05. The summed E-state index contributed by atoms with van der Waals surface area (Å²) < 4.78 is 38.5.